The summed E-state index contributed by atoms with van der Waals surface area (Å²) in [5, 5.41) is 6.81. The third kappa shape index (κ3) is 4.90. The molecule has 162 valence electrons. The summed E-state index contributed by atoms with van der Waals surface area (Å²) in [6.07, 6.45) is 0.692. The molecule has 3 aromatic carbocycles. The van der Waals surface area contributed by atoms with E-state index < -0.39 is 0 Å². The number of hydrogen-bond donors (Lipinski definition) is 3. The summed E-state index contributed by atoms with van der Waals surface area (Å²) in [4.78, 5) is 25.5. The predicted octanol–water partition coefficient (Wildman–Crippen LogP) is 4.72. The fraction of sp³-hybridized carbons (Fsp3) is 0.120. The molecule has 6 nitrogen and oxygen atoms in total. The van der Waals surface area contributed by atoms with Crippen molar-refractivity contribution in [3.05, 3.63) is 88.8 Å². The number of thiophene rings is 1. The maximum absolute atomic E-state index is 12.6. The minimum absolute atomic E-state index is 0.121. The second-order valence-corrected chi connectivity index (χ2v) is 8.34. The maximum atomic E-state index is 12.6. The number of nitrogen functional groups attached to an aromatic ring is 1. The maximum Gasteiger partial charge on any atom is 0.265 e. The Morgan fingerprint density at radius 3 is 2.50 bits per heavy atom. The van der Waals surface area contributed by atoms with Crippen molar-refractivity contribution < 1.29 is 14.3 Å². The van der Waals surface area contributed by atoms with Crippen LogP contribution in [0.15, 0.2) is 72.8 Å². The quantitative estimate of drug-likeness (QED) is 0.359. The average Bonchev–Trinajstić information content (AvgIpc) is 3.24. The van der Waals surface area contributed by atoms with E-state index in [1.807, 2.05) is 30.3 Å². The van der Waals surface area contributed by atoms with Gasteiger partial charge in [-0.25, -0.2) is 0 Å². The van der Waals surface area contributed by atoms with Crippen molar-refractivity contribution in [1.82, 2.24) is 5.32 Å². The van der Waals surface area contributed by atoms with Crippen molar-refractivity contribution in [3.63, 3.8) is 0 Å². The van der Waals surface area contributed by atoms with Crippen LogP contribution in [-0.2, 0) is 6.42 Å². The molecule has 7 heteroatoms. The number of amides is 2. The summed E-state index contributed by atoms with van der Waals surface area (Å²) < 4.78 is 6.14. The number of para-hydroxylation sites is 2. The summed E-state index contributed by atoms with van der Waals surface area (Å²) >= 11 is 1.43. The summed E-state index contributed by atoms with van der Waals surface area (Å²) in [5.74, 6) is 0.410. The van der Waals surface area contributed by atoms with E-state index in [1.54, 1.807) is 43.5 Å². The average molecular weight is 446 g/mol. The van der Waals surface area contributed by atoms with Crippen molar-refractivity contribution in [2.45, 2.75) is 6.42 Å². The highest BCUT2D eigenvalue weighted by atomic mass is 32.1. The van der Waals surface area contributed by atoms with Crippen LogP contribution in [0.1, 0.15) is 25.6 Å². The molecule has 2 amide bonds. The van der Waals surface area contributed by atoms with Crippen LogP contribution in [0, 0.1) is 0 Å². The minimum atomic E-state index is -0.183. The number of carbonyl (C=O) groups is 2. The normalized spacial score (nSPS) is 10.7. The van der Waals surface area contributed by atoms with Gasteiger partial charge >= 0.3 is 0 Å². The summed E-state index contributed by atoms with van der Waals surface area (Å²) in [6.45, 7) is 0.516. The Hall–Kier alpha value is -3.84. The summed E-state index contributed by atoms with van der Waals surface area (Å²) in [5.41, 5.74) is 8.73. The van der Waals surface area contributed by atoms with Crippen molar-refractivity contribution >= 4 is 44.6 Å². The molecule has 0 aliphatic rings. The highest BCUT2D eigenvalue weighted by Crippen LogP contribution is 2.28. The molecule has 0 atom stereocenters. The van der Waals surface area contributed by atoms with E-state index in [9.17, 15) is 9.59 Å². The number of rotatable bonds is 7. The number of hydrogen-bond acceptors (Lipinski definition) is 5. The first-order chi connectivity index (χ1) is 15.5. The number of carbonyl (C=O) groups excluding carboxylic acids is 2. The first-order valence-electron chi connectivity index (χ1n) is 10.1. The molecule has 4 aromatic rings. The lowest BCUT2D eigenvalue weighted by Gasteiger charge is -2.06. The van der Waals surface area contributed by atoms with E-state index in [2.05, 4.69) is 16.7 Å². The van der Waals surface area contributed by atoms with Gasteiger partial charge in [0.05, 0.1) is 23.4 Å². The Morgan fingerprint density at radius 1 is 0.969 bits per heavy atom. The van der Waals surface area contributed by atoms with Crippen LogP contribution >= 0.6 is 11.3 Å². The Bertz CT molecular complexity index is 1270. The van der Waals surface area contributed by atoms with Crippen molar-refractivity contribution in [2.24, 2.45) is 0 Å². The van der Waals surface area contributed by atoms with Gasteiger partial charge in [0.25, 0.3) is 11.8 Å². The van der Waals surface area contributed by atoms with Crippen LogP contribution < -0.4 is 21.1 Å². The van der Waals surface area contributed by atoms with Crippen LogP contribution in [-0.4, -0.2) is 25.5 Å². The third-order valence-electron chi connectivity index (χ3n) is 5.07. The van der Waals surface area contributed by atoms with E-state index in [1.165, 1.54) is 11.3 Å². The first kappa shape index (κ1) is 21.4. The van der Waals surface area contributed by atoms with E-state index in [4.69, 9.17) is 10.5 Å². The molecule has 0 spiro atoms. The second-order valence-electron chi connectivity index (χ2n) is 7.26. The van der Waals surface area contributed by atoms with Crippen LogP contribution in [0.5, 0.6) is 5.75 Å². The number of nitrogens with two attached hydrogens (primary N) is 1. The zero-order valence-electron chi connectivity index (χ0n) is 17.6. The second kappa shape index (κ2) is 9.53. The highest BCUT2D eigenvalue weighted by Gasteiger charge is 2.12. The van der Waals surface area contributed by atoms with Crippen LogP contribution in [0.4, 0.5) is 11.4 Å². The van der Waals surface area contributed by atoms with E-state index in [0.717, 1.165) is 15.6 Å². The van der Waals surface area contributed by atoms with E-state index in [-0.39, 0.29) is 11.8 Å². The van der Waals surface area contributed by atoms with Gasteiger partial charge in [-0.15, -0.1) is 11.3 Å². The van der Waals surface area contributed by atoms with Crippen molar-refractivity contribution in [2.75, 3.05) is 24.7 Å². The number of ether oxygens (including phenoxy) is 1. The Balaban J connectivity index is 1.37. The van der Waals surface area contributed by atoms with Gasteiger partial charge in [-0.1, -0.05) is 24.3 Å². The molecule has 1 heterocycles. The van der Waals surface area contributed by atoms with Gasteiger partial charge in [0, 0.05) is 16.8 Å². The zero-order chi connectivity index (χ0) is 22.5. The third-order valence-corrected chi connectivity index (χ3v) is 6.17. The van der Waals surface area contributed by atoms with Crippen molar-refractivity contribution in [1.29, 1.82) is 0 Å². The molecule has 0 unspecified atom stereocenters. The molecule has 4 rings (SSSR count). The molecule has 0 bridgehead atoms. The predicted molar refractivity (Wildman–Crippen MR) is 130 cm³/mol. The van der Waals surface area contributed by atoms with E-state index in [0.29, 0.717) is 40.5 Å². The molecule has 0 saturated heterocycles. The van der Waals surface area contributed by atoms with Gasteiger partial charge in [0.1, 0.15) is 5.75 Å². The Kier molecular flexibility index (Phi) is 6.37. The molecule has 32 heavy (non-hydrogen) atoms. The SMILES string of the molecule is COc1ccc(C(=O)NCCc2ccc3cc(C(=O)Nc4ccccc4N)sc3c2)cc1. The van der Waals surface area contributed by atoms with E-state index >= 15 is 0 Å². The molecule has 0 fully saturated rings. The van der Waals surface area contributed by atoms with Gasteiger partial charge in [-0.3, -0.25) is 9.59 Å². The molecular weight excluding hydrogens is 422 g/mol. The summed E-state index contributed by atoms with van der Waals surface area (Å²) in [7, 11) is 1.59. The molecule has 0 radical (unpaired) electrons. The standard InChI is InChI=1S/C25H23N3O3S/c1-31-19-10-8-17(9-11-19)24(29)27-13-12-16-6-7-18-15-23(32-22(18)14-16)25(30)28-21-5-3-2-4-20(21)26/h2-11,14-15H,12-13,26H2,1H3,(H,27,29)(H,28,30). The zero-order valence-corrected chi connectivity index (χ0v) is 18.4. The van der Waals surface area contributed by atoms with Crippen LogP contribution in [0.25, 0.3) is 10.1 Å². The lowest BCUT2D eigenvalue weighted by Crippen LogP contribution is -2.25. The van der Waals surface area contributed by atoms with Gasteiger partial charge in [0.15, 0.2) is 0 Å². The molecule has 0 saturated carbocycles. The largest absolute Gasteiger partial charge is 0.497 e. The first-order valence-corrected chi connectivity index (χ1v) is 11.0. The minimum Gasteiger partial charge on any atom is -0.497 e. The molecule has 1 aromatic heterocycles. The van der Waals surface area contributed by atoms with Gasteiger partial charge in [0.2, 0.25) is 0 Å². The fourth-order valence-corrected chi connectivity index (χ4v) is 4.32. The monoisotopic (exact) mass is 445 g/mol. The smallest absolute Gasteiger partial charge is 0.265 e. The Morgan fingerprint density at radius 2 is 1.75 bits per heavy atom. The van der Waals surface area contributed by atoms with Crippen LogP contribution in [0.2, 0.25) is 0 Å². The van der Waals surface area contributed by atoms with Gasteiger partial charge < -0.3 is 21.1 Å². The topological polar surface area (TPSA) is 93.4 Å². The number of fused-ring (bicyclic) bond motifs is 1. The Labute approximate surface area is 190 Å². The molecule has 4 N–H and O–H groups in total. The summed E-state index contributed by atoms with van der Waals surface area (Å²) in [6, 6.07) is 22.1. The lowest BCUT2D eigenvalue weighted by atomic mass is 10.1. The highest BCUT2D eigenvalue weighted by molar-refractivity contribution is 7.20. The molecule has 0 aliphatic carbocycles. The number of anilines is 2. The number of nitrogens with one attached hydrogen (secondary N) is 2. The molecular formula is C25H23N3O3S. The van der Waals surface area contributed by atoms with Gasteiger partial charge in [-0.2, -0.15) is 0 Å². The lowest BCUT2D eigenvalue weighted by molar-refractivity contribution is 0.0953. The number of methoxy groups -OCH3 is 1. The van der Waals surface area contributed by atoms with Crippen molar-refractivity contribution in [3.8, 4) is 5.75 Å². The number of benzene rings is 3. The van der Waals surface area contributed by atoms with Gasteiger partial charge in [-0.05, 0) is 65.9 Å². The molecule has 0 aliphatic heterocycles. The van der Waals surface area contributed by atoms with Crippen LogP contribution in [0.3, 0.4) is 0 Å². The fourth-order valence-electron chi connectivity index (χ4n) is 3.30.